The number of rotatable bonds is 6. The van der Waals surface area contributed by atoms with Crippen LogP contribution in [-0.4, -0.2) is 50.8 Å². The van der Waals surface area contributed by atoms with Gasteiger partial charge in [-0.1, -0.05) is 24.3 Å². The smallest absolute Gasteiger partial charge is 0.410 e. The van der Waals surface area contributed by atoms with E-state index in [1.165, 1.54) is 0 Å². The number of imidazole rings is 1. The molecule has 158 valence electrons. The van der Waals surface area contributed by atoms with Gasteiger partial charge in [0, 0.05) is 25.2 Å². The van der Waals surface area contributed by atoms with Gasteiger partial charge < -0.3 is 20.7 Å². The Hall–Kier alpha value is -3.13. The normalized spacial score (nSPS) is 16.4. The summed E-state index contributed by atoms with van der Waals surface area (Å²) in [6.07, 6.45) is 3.40. The summed E-state index contributed by atoms with van der Waals surface area (Å²) in [7, 11) is 0. The van der Waals surface area contributed by atoms with Gasteiger partial charge in [0.1, 0.15) is 5.82 Å². The number of nitrogens with two attached hydrogens (primary N) is 1. The van der Waals surface area contributed by atoms with E-state index >= 15 is 0 Å². The van der Waals surface area contributed by atoms with Crippen LogP contribution >= 0.6 is 0 Å². The molecule has 1 amide bonds. The molecule has 8 nitrogen and oxygen atoms in total. The highest BCUT2D eigenvalue weighted by Crippen LogP contribution is 2.22. The lowest BCUT2D eigenvalue weighted by atomic mass is 10.1. The molecule has 2 aromatic heterocycles. The lowest BCUT2D eigenvalue weighted by Gasteiger charge is -2.25. The van der Waals surface area contributed by atoms with E-state index in [4.69, 9.17) is 15.6 Å². The Morgan fingerprint density at radius 1 is 1.27 bits per heavy atom. The zero-order valence-corrected chi connectivity index (χ0v) is 17.4. The highest BCUT2D eigenvalue weighted by Gasteiger charge is 2.30. The van der Waals surface area contributed by atoms with Gasteiger partial charge in [0.15, 0.2) is 5.65 Å². The largest absolute Gasteiger partial charge is 0.447 e. The van der Waals surface area contributed by atoms with Crippen molar-refractivity contribution in [2.24, 2.45) is 5.73 Å². The molecular formula is C22H28N6O2. The van der Waals surface area contributed by atoms with Crippen molar-refractivity contribution in [3.8, 4) is 11.3 Å². The van der Waals surface area contributed by atoms with E-state index in [-0.39, 0.29) is 18.2 Å². The van der Waals surface area contributed by atoms with E-state index in [2.05, 4.69) is 10.3 Å². The minimum atomic E-state index is -0.240. The average molecular weight is 409 g/mol. The first-order valence-electron chi connectivity index (χ1n) is 10.4. The molecule has 30 heavy (non-hydrogen) atoms. The third-order valence-corrected chi connectivity index (χ3v) is 5.31. The van der Waals surface area contributed by atoms with E-state index in [0.29, 0.717) is 13.1 Å². The molecule has 3 N–H and O–H groups in total. The van der Waals surface area contributed by atoms with Gasteiger partial charge in [-0.3, -0.25) is 0 Å². The second-order valence-corrected chi connectivity index (χ2v) is 7.84. The molecule has 1 atom stereocenters. The molecule has 4 rings (SSSR count). The molecule has 0 bridgehead atoms. The minimum absolute atomic E-state index is 0.0970. The first kappa shape index (κ1) is 20.2. The van der Waals surface area contributed by atoms with Gasteiger partial charge in [-0.15, -0.1) is 5.10 Å². The highest BCUT2D eigenvalue weighted by molar-refractivity contribution is 5.68. The molecule has 3 heterocycles. The van der Waals surface area contributed by atoms with Crippen LogP contribution in [-0.2, 0) is 11.3 Å². The fourth-order valence-corrected chi connectivity index (χ4v) is 3.76. The molecule has 1 unspecified atom stereocenters. The Bertz CT molecular complexity index is 1010. The first-order chi connectivity index (χ1) is 14.5. The van der Waals surface area contributed by atoms with Crippen LogP contribution < -0.4 is 11.1 Å². The number of carbonyl (C=O) groups is 1. The number of ether oxygens (including phenoxy) is 1. The van der Waals surface area contributed by atoms with Crippen LogP contribution in [0.15, 0.2) is 42.6 Å². The van der Waals surface area contributed by atoms with E-state index in [0.717, 1.165) is 47.7 Å². The maximum absolute atomic E-state index is 12.3. The molecule has 3 aromatic rings. The van der Waals surface area contributed by atoms with E-state index in [1.54, 1.807) is 0 Å². The van der Waals surface area contributed by atoms with Gasteiger partial charge in [-0.05, 0) is 44.4 Å². The Kier molecular flexibility index (Phi) is 5.85. The van der Waals surface area contributed by atoms with Crippen molar-refractivity contribution in [1.29, 1.82) is 0 Å². The predicted molar refractivity (Wildman–Crippen MR) is 116 cm³/mol. The van der Waals surface area contributed by atoms with Gasteiger partial charge in [-0.25, -0.2) is 14.3 Å². The van der Waals surface area contributed by atoms with Crippen molar-refractivity contribution in [3.63, 3.8) is 0 Å². The van der Waals surface area contributed by atoms with Crippen molar-refractivity contribution in [3.05, 3.63) is 48.2 Å². The van der Waals surface area contributed by atoms with Gasteiger partial charge in [0.25, 0.3) is 0 Å². The average Bonchev–Trinajstić information content (AvgIpc) is 3.38. The first-order valence-corrected chi connectivity index (χ1v) is 10.4. The summed E-state index contributed by atoms with van der Waals surface area (Å²) >= 11 is 0. The van der Waals surface area contributed by atoms with Crippen LogP contribution in [0.3, 0.4) is 0 Å². The number of amides is 1. The van der Waals surface area contributed by atoms with E-state index in [1.807, 2.05) is 65.9 Å². The number of nitrogens with zero attached hydrogens (tertiary/aromatic N) is 4. The molecule has 1 aromatic carbocycles. The zero-order chi connectivity index (χ0) is 21.1. The maximum Gasteiger partial charge on any atom is 0.410 e. The van der Waals surface area contributed by atoms with Crippen LogP contribution in [0.5, 0.6) is 0 Å². The van der Waals surface area contributed by atoms with Crippen LogP contribution in [0.2, 0.25) is 0 Å². The number of hydrogen-bond acceptors (Lipinski definition) is 6. The molecule has 1 saturated heterocycles. The fourth-order valence-electron chi connectivity index (χ4n) is 3.76. The molecule has 0 aliphatic carbocycles. The summed E-state index contributed by atoms with van der Waals surface area (Å²) in [6, 6.07) is 12.0. The number of anilines is 1. The summed E-state index contributed by atoms with van der Waals surface area (Å²) in [5.74, 6) is 0.740. The number of aromatic nitrogens is 3. The van der Waals surface area contributed by atoms with Crippen molar-refractivity contribution in [1.82, 2.24) is 19.5 Å². The highest BCUT2D eigenvalue weighted by atomic mass is 16.6. The van der Waals surface area contributed by atoms with Crippen LogP contribution in [0.1, 0.15) is 32.3 Å². The Morgan fingerprint density at radius 2 is 2.07 bits per heavy atom. The second kappa shape index (κ2) is 8.71. The summed E-state index contributed by atoms with van der Waals surface area (Å²) in [5, 5.41) is 8.09. The molecule has 0 radical (unpaired) electrons. The fraction of sp³-hybridized carbons (Fsp3) is 0.409. The van der Waals surface area contributed by atoms with Gasteiger partial charge in [0.2, 0.25) is 0 Å². The van der Waals surface area contributed by atoms with Crippen LogP contribution in [0, 0.1) is 0 Å². The lowest BCUT2D eigenvalue weighted by molar-refractivity contribution is 0.0746. The number of fused-ring (bicyclic) bond motifs is 1. The Labute approximate surface area is 176 Å². The lowest BCUT2D eigenvalue weighted by Crippen LogP contribution is -2.40. The quantitative estimate of drug-likeness (QED) is 0.650. The molecule has 0 saturated carbocycles. The number of nitrogens with one attached hydrogen (secondary N) is 1. The van der Waals surface area contributed by atoms with Gasteiger partial charge in [-0.2, -0.15) is 0 Å². The van der Waals surface area contributed by atoms with Crippen molar-refractivity contribution >= 4 is 17.6 Å². The number of likely N-dealkylation sites (tertiary alicyclic amines) is 1. The molecule has 1 aliphatic heterocycles. The molecule has 1 aliphatic rings. The summed E-state index contributed by atoms with van der Waals surface area (Å²) in [4.78, 5) is 18.6. The Balaban J connectivity index is 1.49. The van der Waals surface area contributed by atoms with Crippen molar-refractivity contribution in [2.75, 3.05) is 18.4 Å². The topological polar surface area (TPSA) is 97.8 Å². The standard InChI is InChI=1S/C22H28N6O2/c1-15(2)30-22(29)27-11-3-4-18(27)13-24-20-9-10-21-25-14-19(28(21)26-20)17-7-5-16(12-23)6-8-17/h5-10,14-15,18H,3-4,11-13,23H2,1-2H3,(H,24,26). The van der Waals surface area contributed by atoms with Gasteiger partial charge >= 0.3 is 6.09 Å². The number of benzene rings is 1. The summed E-state index contributed by atoms with van der Waals surface area (Å²) in [6.45, 7) is 5.61. The van der Waals surface area contributed by atoms with E-state index in [9.17, 15) is 4.79 Å². The summed E-state index contributed by atoms with van der Waals surface area (Å²) < 4.78 is 7.20. The SMILES string of the molecule is CC(C)OC(=O)N1CCCC1CNc1ccc2ncc(-c3ccc(CN)cc3)n2n1. The van der Waals surface area contributed by atoms with Crippen LogP contribution in [0.25, 0.3) is 16.9 Å². The number of carbonyl (C=O) groups excluding carboxylic acids is 1. The zero-order valence-electron chi connectivity index (χ0n) is 17.4. The maximum atomic E-state index is 12.3. The summed E-state index contributed by atoms with van der Waals surface area (Å²) in [5.41, 5.74) is 9.51. The number of hydrogen-bond donors (Lipinski definition) is 2. The minimum Gasteiger partial charge on any atom is -0.447 e. The Morgan fingerprint density at radius 3 is 2.80 bits per heavy atom. The third-order valence-electron chi connectivity index (χ3n) is 5.31. The van der Waals surface area contributed by atoms with Gasteiger partial charge in [0.05, 0.1) is 24.0 Å². The van der Waals surface area contributed by atoms with Crippen LogP contribution in [0.4, 0.5) is 10.6 Å². The third kappa shape index (κ3) is 4.23. The second-order valence-electron chi connectivity index (χ2n) is 7.84. The molecule has 1 fully saturated rings. The monoisotopic (exact) mass is 408 g/mol. The van der Waals surface area contributed by atoms with E-state index < -0.39 is 0 Å². The molecule has 8 heteroatoms. The van der Waals surface area contributed by atoms with Crippen molar-refractivity contribution in [2.45, 2.75) is 45.4 Å². The predicted octanol–water partition coefficient (Wildman–Crippen LogP) is 3.28. The van der Waals surface area contributed by atoms with Crippen molar-refractivity contribution < 1.29 is 9.53 Å². The molecular weight excluding hydrogens is 380 g/mol. The molecule has 0 spiro atoms.